The van der Waals surface area contributed by atoms with E-state index in [1.165, 1.54) is 23.8 Å². The molecule has 2 unspecified atom stereocenters. The second-order valence-corrected chi connectivity index (χ2v) is 23.5. The Labute approximate surface area is 526 Å². The van der Waals surface area contributed by atoms with Gasteiger partial charge in [0.05, 0.1) is 29.8 Å². The number of guanidine groups is 1. The molecule has 0 saturated carbocycles. The molecule has 18 nitrogen and oxygen atoms in total. The number of hydrogen-bond acceptors (Lipinski definition) is 12. The van der Waals surface area contributed by atoms with E-state index in [0.717, 1.165) is 172 Å². The molecule has 2 fully saturated rings. The minimum absolute atomic E-state index is 0.0754. The second kappa shape index (κ2) is 28.6. The molecule has 4 amide bonds. The number of fused-ring (bicyclic) bond motifs is 5. The first-order valence-corrected chi connectivity index (χ1v) is 31.4. The highest BCUT2D eigenvalue weighted by Crippen LogP contribution is 2.43. The van der Waals surface area contributed by atoms with Crippen LogP contribution in [0, 0.1) is 0 Å². The van der Waals surface area contributed by atoms with Crippen molar-refractivity contribution < 1.29 is 19.1 Å². The van der Waals surface area contributed by atoms with Crippen LogP contribution >= 0.6 is 0 Å². The van der Waals surface area contributed by atoms with Gasteiger partial charge in [-0.1, -0.05) is 116 Å². The summed E-state index contributed by atoms with van der Waals surface area (Å²) in [6.07, 6.45) is 7.92. The Kier molecular flexibility index (Phi) is 19.2. The van der Waals surface area contributed by atoms with E-state index < -0.39 is 12.0 Å². The molecule has 0 spiro atoms. The molecule has 2 aliphatic heterocycles. The number of benzene rings is 7. The van der Waals surface area contributed by atoms with E-state index >= 15 is 0 Å². The molecule has 12 rings (SSSR count). The number of esters is 1. The van der Waals surface area contributed by atoms with Crippen molar-refractivity contribution in [2.45, 2.75) is 43.9 Å². The highest BCUT2D eigenvalue weighted by Gasteiger charge is 2.29. The first-order chi connectivity index (χ1) is 44.1. The minimum atomic E-state index is -0.529. The fourth-order valence-corrected chi connectivity index (χ4v) is 12.9. The third-order valence-corrected chi connectivity index (χ3v) is 17.6. The Morgan fingerprint density at radius 2 is 1.27 bits per heavy atom. The van der Waals surface area contributed by atoms with Crippen LogP contribution in [0.2, 0.25) is 0 Å². The number of anilines is 6. The quantitative estimate of drug-likeness (QED) is 0.0206. The molecule has 90 heavy (non-hydrogen) atoms. The largest absolute Gasteiger partial charge is 0.465 e. The number of aliphatic imine (C=N–C) groups is 2. The fourth-order valence-electron chi connectivity index (χ4n) is 12.9. The predicted molar refractivity (Wildman–Crippen MR) is 363 cm³/mol. The van der Waals surface area contributed by atoms with E-state index in [-0.39, 0.29) is 23.4 Å². The Morgan fingerprint density at radius 3 is 1.99 bits per heavy atom. The first-order valence-electron chi connectivity index (χ1n) is 31.4. The van der Waals surface area contributed by atoms with Crippen molar-refractivity contribution in [2.24, 2.45) is 9.98 Å². The number of nitrogens with one attached hydrogen (secondary N) is 6. The third-order valence-electron chi connectivity index (χ3n) is 17.6. The number of para-hydroxylation sites is 1. The molecular formula is C72H78N14O4. The van der Waals surface area contributed by atoms with Crippen molar-refractivity contribution in [2.75, 3.05) is 124 Å². The van der Waals surface area contributed by atoms with Crippen LogP contribution in [0.1, 0.15) is 81.3 Å². The number of nitrogens with zero attached hydrogens (tertiary/aromatic N) is 8. The number of likely N-dealkylation sites (N-methyl/N-ethyl adjacent to an activating group) is 1. The van der Waals surface area contributed by atoms with Crippen LogP contribution in [0.5, 0.6) is 0 Å². The Balaban J connectivity index is 0.609. The summed E-state index contributed by atoms with van der Waals surface area (Å²) in [5.41, 5.74) is 13.8. The molecule has 18 heteroatoms. The molecule has 460 valence electrons. The number of carbonyl (C=O) groups is 3. The van der Waals surface area contributed by atoms with Crippen molar-refractivity contribution >= 4 is 74.9 Å². The van der Waals surface area contributed by atoms with E-state index in [2.05, 4.69) is 155 Å². The van der Waals surface area contributed by atoms with E-state index in [1.54, 1.807) is 30.5 Å². The summed E-state index contributed by atoms with van der Waals surface area (Å²) in [7, 11) is 3.49. The molecule has 2 saturated heterocycles. The van der Waals surface area contributed by atoms with Gasteiger partial charge in [0.15, 0.2) is 0 Å². The van der Waals surface area contributed by atoms with E-state index in [0.29, 0.717) is 23.3 Å². The molecule has 3 heterocycles. The van der Waals surface area contributed by atoms with Crippen LogP contribution in [0.3, 0.4) is 0 Å². The Morgan fingerprint density at radius 1 is 0.656 bits per heavy atom. The molecule has 2 aliphatic carbocycles. The van der Waals surface area contributed by atoms with Crippen LogP contribution < -0.4 is 36.8 Å². The molecule has 0 bridgehead atoms. The lowest BCUT2D eigenvalue weighted by Crippen LogP contribution is -2.47. The summed E-state index contributed by atoms with van der Waals surface area (Å²) in [6, 6.07) is 51.6. The van der Waals surface area contributed by atoms with Crippen LogP contribution in [0.25, 0.3) is 22.0 Å². The maximum atomic E-state index is 13.7. The minimum Gasteiger partial charge on any atom is -0.465 e. The summed E-state index contributed by atoms with van der Waals surface area (Å²) >= 11 is 0. The van der Waals surface area contributed by atoms with Gasteiger partial charge in [-0.3, -0.25) is 4.90 Å². The maximum Gasteiger partial charge on any atom is 0.339 e. The summed E-state index contributed by atoms with van der Waals surface area (Å²) in [4.78, 5) is 68.2. The predicted octanol–water partition coefficient (Wildman–Crippen LogP) is 12.1. The van der Waals surface area contributed by atoms with Crippen LogP contribution in [-0.4, -0.2) is 147 Å². The van der Waals surface area contributed by atoms with Gasteiger partial charge in [0.25, 0.3) is 0 Å². The number of carbonyl (C=O) groups excluding carboxylic acids is 3. The lowest BCUT2D eigenvalue weighted by atomic mass is 9.78. The number of urea groups is 2. The van der Waals surface area contributed by atoms with Gasteiger partial charge in [-0.2, -0.15) is 0 Å². The summed E-state index contributed by atoms with van der Waals surface area (Å²) in [5.74, 6) is 0.955. The zero-order valence-corrected chi connectivity index (χ0v) is 51.3. The van der Waals surface area contributed by atoms with Gasteiger partial charge in [-0.15, -0.1) is 0 Å². The topological polar surface area (TPSA) is 196 Å². The van der Waals surface area contributed by atoms with Crippen LogP contribution in [0.4, 0.5) is 44.0 Å². The van der Waals surface area contributed by atoms with Gasteiger partial charge in [0.2, 0.25) is 11.9 Å². The lowest BCUT2D eigenvalue weighted by Gasteiger charge is -2.37. The normalized spacial score (nSPS) is 17.3. The lowest BCUT2D eigenvalue weighted by molar-refractivity contribution is 0.0602. The van der Waals surface area contributed by atoms with Gasteiger partial charge in [0.1, 0.15) is 0 Å². The standard InChI is InChI=1S/C72H78N14O4/c1-4-73-69(74-33-13-35-84-39-37-83(2)38-40-84)80-65-32-31-56(58-17-7-9-19-60(58)65)49-23-27-53(28-24-49)77-71(88)79-55-45-51-15-5-6-16-57(51)66(47-55)86-43-41-85(42-44-86)36-14-34-75-70-76-48-52-46-63(59-18-8-10-20-61(59)67(52)82-70)50-25-29-54(30-26-50)78-72(89)81-64-22-12-11-21-62(64)68(87)90-3/h4-12,15-30,45,47-48,56,63H,1,13-14,31-44,46H2,2-3H3,(H,73,74)(H,75,76,82)(H2,77,79,88)(H2,78,81,89)/b80-65+. The monoisotopic (exact) mass is 1200 g/mol. The number of piperazine rings is 2. The molecular weight excluding hydrogens is 1120 g/mol. The second-order valence-electron chi connectivity index (χ2n) is 23.5. The molecule has 8 aromatic rings. The van der Waals surface area contributed by atoms with Gasteiger partial charge in [-0.25, -0.2) is 34.3 Å². The van der Waals surface area contributed by atoms with Crippen molar-refractivity contribution in [1.82, 2.24) is 30.0 Å². The number of methoxy groups -OCH3 is 1. The molecule has 4 aliphatic rings. The van der Waals surface area contributed by atoms with Gasteiger partial charge in [0, 0.05) is 123 Å². The average Bonchev–Trinajstić information content (AvgIpc) is 0.825. The van der Waals surface area contributed by atoms with Crippen molar-refractivity contribution in [3.8, 4) is 11.3 Å². The van der Waals surface area contributed by atoms with Crippen molar-refractivity contribution in [1.29, 1.82) is 0 Å². The fraction of sp³-hybridized carbons (Fsp3) is 0.292. The number of amides is 4. The van der Waals surface area contributed by atoms with Crippen molar-refractivity contribution in [3.63, 3.8) is 0 Å². The molecule has 1 aromatic heterocycles. The SMILES string of the molecule is C=C/N=C(\N=C1/CCC(c2ccc(NC(=O)Nc3cc(N4CCN(CCCNc5ncc6c(n5)-c5ccccc5C(c5ccc(NC(=O)Nc7ccccc7C(=O)OC)cc5)C6)CC4)c4ccccc4c3)cc2)c2ccccc21)NCCCN1CCN(C)CC1. The number of aromatic nitrogens is 2. The highest BCUT2D eigenvalue weighted by atomic mass is 16.5. The third kappa shape index (κ3) is 14.5. The van der Waals surface area contributed by atoms with Gasteiger partial charge >= 0.3 is 18.0 Å². The van der Waals surface area contributed by atoms with Crippen LogP contribution in [-0.2, 0) is 11.2 Å². The summed E-state index contributed by atoms with van der Waals surface area (Å²) in [6.45, 7) is 15.4. The zero-order valence-electron chi connectivity index (χ0n) is 51.3. The summed E-state index contributed by atoms with van der Waals surface area (Å²) in [5, 5.41) is 21.1. The maximum absolute atomic E-state index is 13.7. The Hall–Kier alpha value is -9.75. The van der Waals surface area contributed by atoms with E-state index in [9.17, 15) is 14.4 Å². The molecule has 7 aromatic carbocycles. The van der Waals surface area contributed by atoms with Crippen LogP contribution in [0.15, 0.2) is 187 Å². The number of rotatable bonds is 18. The number of hydrogen-bond donors (Lipinski definition) is 6. The van der Waals surface area contributed by atoms with Crippen molar-refractivity contribution in [3.05, 3.63) is 216 Å². The van der Waals surface area contributed by atoms with E-state index in [4.69, 9.17) is 19.7 Å². The zero-order chi connectivity index (χ0) is 61.8. The molecule has 0 radical (unpaired) electrons. The smallest absolute Gasteiger partial charge is 0.339 e. The van der Waals surface area contributed by atoms with E-state index in [1.807, 2.05) is 54.7 Å². The highest BCUT2D eigenvalue weighted by molar-refractivity contribution is 6.09. The van der Waals surface area contributed by atoms with Gasteiger partial charge < -0.3 is 51.3 Å². The number of ether oxygens (including phenoxy) is 1. The van der Waals surface area contributed by atoms with Gasteiger partial charge in [-0.05, 0) is 140 Å². The molecule has 2 atom stereocenters. The first kappa shape index (κ1) is 60.5. The average molecular weight is 1200 g/mol. The molecule has 6 N–H and O–H groups in total. The summed E-state index contributed by atoms with van der Waals surface area (Å²) < 4.78 is 4.87. The Bertz CT molecular complexity index is 3930.